The van der Waals surface area contributed by atoms with Crippen molar-refractivity contribution in [3.05, 3.63) is 34.3 Å². The first-order chi connectivity index (χ1) is 10.8. The standard InChI is InChI=1S/C17H26BrN3O2/c1-11(2)8-15(10-19)21-17(23)9-16(20-12(3)22)13-4-6-14(18)7-5-13/h4-7,11,15-16H,8-10,19H2,1-3H3,(H,20,22)(H,21,23). The molecule has 2 amide bonds. The predicted molar refractivity (Wildman–Crippen MR) is 95.8 cm³/mol. The summed E-state index contributed by atoms with van der Waals surface area (Å²) in [6.45, 7) is 6.05. The monoisotopic (exact) mass is 383 g/mol. The Morgan fingerprint density at radius 3 is 2.26 bits per heavy atom. The van der Waals surface area contributed by atoms with Crippen LogP contribution in [0.25, 0.3) is 0 Å². The van der Waals surface area contributed by atoms with E-state index in [9.17, 15) is 9.59 Å². The highest BCUT2D eigenvalue weighted by atomic mass is 79.9. The van der Waals surface area contributed by atoms with Crippen LogP contribution in [0.1, 0.15) is 45.2 Å². The van der Waals surface area contributed by atoms with E-state index in [4.69, 9.17) is 5.73 Å². The summed E-state index contributed by atoms with van der Waals surface area (Å²) in [5.74, 6) is 0.188. The molecule has 1 aromatic carbocycles. The summed E-state index contributed by atoms with van der Waals surface area (Å²) >= 11 is 3.38. The maximum atomic E-state index is 12.3. The Balaban J connectivity index is 2.74. The smallest absolute Gasteiger partial charge is 0.222 e. The van der Waals surface area contributed by atoms with Gasteiger partial charge in [-0.05, 0) is 30.0 Å². The van der Waals surface area contributed by atoms with Crippen LogP contribution >= 0.6 is 15.9 Å². The van der Waals surface area contributed by atoms with E-state index in [1.807, 2.05) is 24.3 Å². The van der Waals surface area contributed by atoms with Crippen LogP contribution < -0.4 is 16.4 Å². The molecule has 0 saturated heterocycles. The minimum absolute atomic E-state index is 0.0367. The van der Waals surface area contributed by atoms with Gasteiger partial charge in [-0.3, -0.25) is 9.59 Å². The molecule has 2 unspecified atom stereocenters. The van der Waals surface area contributed by atoms with Crippen molar-refractivity contribution in [1.29, 1.82) is 0 Å². The molecular formula is C17H26BrN3O2. The first-order valence-corrected chi connectivity index (χ1v) is 8.63. The number of hydrogen-bond donors (Lipinski definition) is 3. The second-order valence-corrected chi connectivity index (χ2v) is 7.05. The van der Waals surface area contributed by atoms with Crippen molar-refractivity contribution in [3.63, 3.8) is 0 Å². The zero-order valence-electron chi connectivity index (χ0n) is 13.9. The lowest BCUT2D eigenvalue weighted by Crippen LogP contribution is -2.42. The topological polar surface area (TPSA) is 84.2 Å². The molecule has 1 aromatic rings. The zero-order chi connectivity index (χ0) is 17.4. The number of hydrogen-bond acceptors (Lipinski definition) is 3. The van der Waals surface area contributed by atoms with Crippen molar-refractivity contribution in [2.24, 2.45) is 11.7 Å². The van der Waals surface area contributed by atoms with Crippen molar-refractivity contribution >= 4 is 27.7 Å². The maximum absolute atomic E-state index is 12.3. The van der Waals surface area contributed by atoms with Gasteiger partial charge in [-0.15, -0.1) is 0 Å². The maximum Gasteiger partial charge on any atom is 0.222 e. The molecule has 0 radical (unpaired) electrons. The normalized spacial score (nSPS) is 13.5. The van der Waals surface area contributed by atoms with E-state index in [0.717, 1.165) is 16.5 Å². The third-order valence-electron chi connectivity index (χ3n) is 3.44. The molecule has 0 aromatic heterocycles. The van der Waals surface area contributed by atoms with Gasteiger partial charge in [-0.25, -0.2) is 0 Å². The lowest BCUT2D eigenvalue weighted by atomic mass is 10.0. The summed E-state index contributed by atoms with van der Waals surface area (Å²) in [5, 5.41) is 5.79. The van der Waals surface area contributed by atoms with Gasteiger partial charge in [0.05, 0.1) is 12.5 Å². The van der Waals surface area contributed by atoms with Crippen LogP contribution in [0.3, 0.4) is 0 Å². The summed E-state index contributed by atoms with van der Waals surface area (Å²) in [6.07, 6.45) is 1.03. The second-order valence-electron chi connectivity index (χ2n) is 6.14. The number of nitrogens with one attached hydrogen (secondary N) is 2. The average molecular weight is 384 g/mol. The molecule has 4 N–H and O–H groups in total. The van der Waals surface area contributed by atoms with Crippen LogP contribution in [-0.4, -0.2) is 24.4 Å². The predicted octanol–water partition coefficient (Wildman–Crippen LogP) is 2.51. The molecule has 1 rings (SSSR count). The summed E-state index contributed by atoms with van der Waals surface area (Å²) in [6, 6.07) is 7.19. The highest BCUT2D eigenvalue weighted by molar-refractivity contribution is 9.10. The van der Waals surface area contributed by atoms with Crippen molar-refractivity contribution < 1.29 is 9.59 Å². The summed E-state index contributed by atoms with van der Waals surface area (Å²) in [7, 11) is 0. The summed E-state index contributed by atoms with van der Waals surface area (Å²) in [4.78, 5) is 23.7. The van der Waals surface area contributed by atoms with Crippen molar-refractivity contribution in [2.45, 2.75) is 45.7 Å². The van der Waals surface area contributed by atoms with E-state index >= 15 is 0 Å². The fraction of sp³-hybridized carbons (Fsp3) is 0.529. The number of benzene rings is 1. The van der Waals surface area contributed by atoms with E-state index in [2.05, 4.69) is 40.4 Å². The second kappa shape index (κ2) is 9.67. The molecule has 5 nitrogen and oxygen atoms in total. The number of rotatable bonds is 8. The van der Waals surface area contributed by atoms with Crippen molar-refractivity contribution in [1.82, 2.24) is 10.6 Å². The van der Waals surface area contributed by atoms with Crippen molar-refractivity contribution in [3.8, 4) is 0 Å². The van der Waals surface area contributed by atoms with Gasteiger partial charge < -0.3 is 16.4 Å². The molecule has 128 valence electrons. The molecule has 0 heterocycles. The number of halogens is 1. The highest BCUT2D eigenvalue weighted by Gasteiger charge is 2.19. The van der Waals surface area contributed by atoms with E-state index in [1.54, 1.807) is 0 Å². The number of carbonyl (C=O) groups excluding carboxylic acids is 2. The Kier molecular flexibility index (Phi) is 8.26. The SMILES string of the molecule is CC(=O)NC(CC(=O)NC(CN)CC(C)C)c1ccc(Br)cc1. The largest absolute Gasteiger partial charge is 0.352 e. The zero-order valence-corrected chi connectivity index (χ0v) is 15.5. The Labute approximate surface area is 146 Å². The number of nitrogens with two attached hydrogens (primary N) is 1. The molecule has 0 aliphatic heterocycles. The van der Waals surface area contributed by atoms with Gasteiger partial charge in [0.25, 0.3) is 0 Å². The van der Waals surface area contributed by atoms with Crippen LogP contribution in [-0.2, 0) is 9.59 Å². The lowest BCUT2D eigenvalue weighted by Gasteiger charge is -2.22. The highest BCUT2D eigenvalue weighted by Crippen LogP contribution is 2.20. The van der Waals surface area contributed by atoms with Crippen LogP contribution in [0.2, 0.25) is 0 Å². The average Bonchev–Trinajstić information content (AvgIpc) is 2.45. The third kappa shape index (κ3) is 7.61. The molecule has 0 saturated carbocycles. The molecule has 0 spiro atoms. The molecule has 0 aliphatic rings. The first kappa shape index (κ1) is 19.6. The Morgan fingerprint density at radius 1 is 1.17 bits per heavy atom. The molecule has 23 heavy (non-hydrogen) atoms. The fourth-order valence-electron chi connectivity index (χ4n) is 2.45. The van der Waals surface area contributed by atoms with Crippen LogP contribution in [0.5, 0.6) is 0 Å². The van der Waals surface area contributed by atoms with Gasteiger partial charge in [0.15, 0.2) is 0 Å². The van der Waals surface area contributed by atoms with E-state index in [1.165, 1.54) is 6.92 Å². The third-order valence-corrected chi connectivity index (χ3v) is 3.97. The molecule has 0 bridgehead atoms. The molecule has 2 atom stereocenters. The van der Waals surface area contributed by atoms with Crippen LogP contribution in [0.4, 0.5) is 0 Å². The van der Waals surface area contributed by atoms with Gasteiger partial charge in [-0.1, -0.05) is 41.9 Å². The first-order valence-electron chi connectivity index (χ1n) is 7.83. The van der Waals surface area contributed by atoms with Gasteiger partial charge in [0.2, 0.25) is 11.8 Å². The number of amides is 2. The quantitative estimate of drug-likeness (QED) is 0.644. The van der Waals surface area contributed by atoms with Crippen LogP contribution in [0.15, 0.2) is 28.7 Å². The van der Waals surface area contributed by atoms with Crippen LogP contribution in [0, 0.1) is 5.92 Å². The minimum Gasteiger partial charge on any atom is -0.352 e. The van der Waals surface area contributed by atoms with Gasteiger partial charge in [-0.2, -0.15) is 0 Å². The lowest BCUT2D eigenvalue weighted by molar-refractivity contribution is -0.123. The molecule has 0 fully saturated rings. The van der Waals surface area contributed by atoms with Gasteiger partial charge in [0, 0.05) is 24.0 Å². The number of carbonyl (C=O) groups is 2. The Morgan fingerprint density at radius 2 is 1.78 bits per heavy atom. The van der Waals surface area contributed by atoms with E-state index < -0.39 is 0 Å². The van der Waals surface area contributed by atoms with E-state index in [-0.39, 0.29) is 30.3 Å². The molecular weight excluding hydrogens is 358 g/mol. The van der Waals surface area contributed by atoms with Gasteiger partial charge >= 0.3 is 0 Å². The Bertz CT molecular complexity index is 517. The summed E-state index contributed by atoms with van der Waals surface area (Å²) in [5.41, 5.74) is 6.61. The summed E-state index contributed by atoms with van der Waals surface area (Å²) < 4.78 is 0.951. The molecule has 0 aliphatic carbocycles. The minimum atomic E-state index is -0.349. The van der Waals surface area contributed by atoms with E-state index in [0.29, 0.717) is 12.5 Å². The Hall–Kier alpha value is -1.40. The fourth-order valence-corrected chi connectivity index (χ4v) is 2.71. The van der Waals surface area contributed by atoms with Gasteiger partial charge in [0.1, 0.15) is 0 Å². The van der Waals surface area contributed by atoms with Crippen molar-refractivity contribution in [2.75, 3.05) is 6.54 Å². The molecule has 6 heteroatoms.